The van der Waals surface area contributed by atoms with Gasteiger partial charge in [-0.3, -0.25) is 0 Å². The Morgan fingerprint density at radius 1 is 1.16 bits per heavy atom. The number of rotatable bonds is 3. The van der Waals surface area contributed by atoms with E-state index in [2.05, 4.69) is 36.6 Å². The molecule has 126 valence electrons. The summed E-state index contributed by atoms with van der Waals surface area (Å²) in [4.78, 5) is 6.62. The minimum atomic E-state index is 0.372. The Morgan fingerprint density at radius 3 is 2.72 bits per heavy atom. The summed E-state index contributed by atoms with van der Waals surface area (Å²) in [7, 11) is 0. The maximum atomic E-state index is 8.86. The van der Waals surface area contributed by atoms with Gasteiger partial charge in [-0.2, -0.15) is 9.78 Å². The van der Waals surface area contributed by atoms with Crippen molar-refractivity contribution in [1.29, 1.82) is 5.26 Å². The predicted molar refractivity (Wildman–Crippen MR) is 93.3 cm³/mol. The molecule has 1 fully saturated rings. The number of fused-ring (bicyclic) bond motifs is 1. The Balaban J connectivity index is 1.39. The molecular weight excluding hydrogens is 316 g/mol. The van der Waals surface area contributed by atoms with Crippen LogP contribution in [0.2, 0.25) is 0 Å². The van der Waals surface area contributed by atoms with Crippen LogP contribution in [0.25, 0.3) is 5.65 Å². The molecule has 0 aliphatic carbocycles. The highest BCUT2D eigenvalue weighted by Gasteiger charge is 2.20. The lowest BCUT2D eigenvalue weighted by Gasteiger charge is -2.33. The van der Waals surface area contributed by atoms with Crippen molar-refractivity contribution in [3.63, 3.8) is 0 Å². The molecule has 4 heterocycles. The van der Waals surface area contributed by atoms with Crippen molar-refractivity contribution in [1.82, 2.24) is 24.8 Å². The third kappa shape index (κ3) is 3.08. The fourth-order valence-electron chi connectivity index (χ4n) is 3.07. The largest absolute Gasteiger partial charge is 0.366 e. The number of pyridine rings is 1. The highest BCUT2D eigenvalue weighted by atomic mass is 15.4. The second-order valence-corrected chi connectivity index (χ2v) is 6.16. The molecule has 25 heavy (non-hydrogen) atoms. The van der Waals surface area contributed by atoms with E-state index in [-0.39, 0.29) is 0 Å². The minimum absolute atomic E-state index is 0.372. The van der Waals surface area contributed by atoms with Crippen LogP contribution in [-0.4, -0.2) is 43.9 Å². The number of aromatic nitrogens is 5. The van der Waals surface area contributed by atoms with E-state index >= 15 is 0 Å². The molecular formula is C17H18N8. The number of hydrogen-bond acceptors (Lipinski definition) is 7. The van der Waals surface area contributed by atoms with Crippen LogP contribution in [0.4, 0.5) is 11.6 Å². The van der Waals surface area contributed by atoms with E-state index in [9.17, 15) is 0 Å². The number of anilines is 2. The third-order valence-electron chi connectivity index (χ3n) is 4.47. The molecule has 1 N–H and O–H groups in total. The average molecular weight is 334 g/mol. The van der Waals surface area contributed by atoms with Gasteiger partial charge < -0.3 is 10.2 Å². The lowest BCUT2D eigenvalue weighted by Crippen LogP contribution is -2.39. The van der Waals surface area contributed by atoms with Gasteiger partial charge in [0.1, 0.15) is 17.7 Å². The van der Waals surface area contributed by atoms with Gasteiger partial charge in [0.25, 0.3) is 0 Å². The standard InChI is InChI=1S/C17H18N8/c1-12-21-22-17-5-3-15(23-25(12)17)20-14-6-8-24(9-7-14)16-4-2-13(10-18)11-19-16/h2-5,11,14H,6-9H2,1H3,(H,20,23). The topological polar surface area (TPSA) is 95.0 Å². The smallest absolute Gasteiger partial charge is 0.178 e. The van der Waals surface area contributed by atoms with Gasteiger partial charge in [-0.1, -0.05) is 0 Å². The molecule has 1 aliphatic heterocycles. The lowest BCUT2D eigenvalue weighted by molar-refractivity contribution is 0.521. The van der Waals surface area contributed by atoms with Crippen LogP contribution in [0.1, 0.15) is 24.2 Å². The van der Waals surface area contributed by atoms with Gasteiger partial charge in [0, 0.05) is 25.3 Å². The number of piperidine rings is 1. The van der Waals surface area contributed by atoms with Gasteiger partial charge in [-0.25, -0.2) is 4.98 Å². The van der Waals surface area contributed by atoms with Crippen LogP contribution in [0.3, 0.4) is 0 Å². The molecule has 3 aromatic heterocycles. The number of nitriles is 1. The summed E-state index contributed by atoms with van der Waals surface area (Å²) in [5.41, 5.74) is 1.34. The maximum Gasteiger partial charge on any atom is 0.178 e. The molecule has 4 rings (SSSR count). The normalized spacial score (nSPS) is 15.3. The van der Waals surface area contributed by atoms with Crippen molar-refractivity contribution in [2.24, 2.45) is 0 Å². The second kappa shape index (κ2) is 6.36. The summed E-state index contributed by atoms with van der Waals surface area (Å²) >= 11 is 0. The van der Waals surface area contributed by atoms with Crippen molar-refractivity contribution < 1.29 is 0 Å². The van der Waals surface area contributed by atoms with Crippen LogP contribution in [0.5, 0.6) is 0 Å². The highest BCUT2D eigenvalue weighted by molar-refractivity contribution is 5.45. The zero-order valence-electron chi connectivity index (χ0n) is 13.9. The van der Waals surface area contributed by atoms with E-state index in [1.807, 2.05) is 31.2 Å². The number of aryl methyl sites for hydroxylation is 1. The van der Waals surface area contributed by atoms with E-state index in [0.29, 0.717) is 11.6 Å². The highest BCUT2D eigenvalue weighted by Crippen LogP contribution is 2.20. The Kier molecular flexibility index (Phi) is 3.90. The first-order valence-corrected chi connectivity index (χ1v) is 8.29. The van der Waals surface area contributed by atoms with Gasteiger partial charge in [0.05, 0.1) is 5.56 Å². The molecule has 0 radical (unpaired) electrons. The number of hydrogen-bond donors (Lipinski definition) is 1. The first-order chi connectivity index (χ1) is 12.2. The Labute approximate surface area is 145 Å². The van der Waals surface area contributed by atoms with E-state index in [0.717, 1.165) is 49.0 Å². The Hall–Kier alpha value is -3.21. The monoisotopic (exact) mass is 334 g/mol. The molecule has 1 saturated heterocycles. The predicted octanol–water partition coefficient (Wildman–Crippen LogP) is 1.78. The molecule has 0 amide bonds. The van der Waals surface area contributed by atoms with Crippen molar-refractivity contribution in [2.75, 3.05) is 23.3 Å². The van der Waals surface area contributed by atoms with Gasteiger partial charge in [-0.15, -0.1) is 15.3 Å². The number of nitrogens with zero attached hydrogens (tertiary/aromatic N) is 7. The summed E-state index contributed by atoms with van der Waals surface area (Å²) in [6, 6.07) is 10.1. The molecule has 8 heteroatoms. The summed E-state index contributed by atoms with van der Waals surface area (Å²) in [5, 5.41) is 25.0. The van der Waals surface area contributed by atoms with Gasteiger partial charge in [0.15, 0.2) is 11.5 Å². The van der Waals surface area contributed by atoms with Crippen LogP contribution >= 0.6 is 0 Å². The van der Waals surface area contributed by atoms with Crippen LogP contribution in [-0.2, 0) is 0 Å². The zero-order chi connectivity index (χ0) is 17.2. The quantitative estimate of drug-likeness (QED) is 0.780. The molecule has 0 aromatic carbocycles. The summed E-state index contributed by atoms with van der Waals surface area (Å²) < 4.78 is 1.75. The molecule has 0 bridgehead atoms. The second-order valence-electron chi connectivity index (χ2n) is 6.16. The first kappa shape index (κ1) is 15.3. The first-order valence-electron chi connectivity index (χ1n) is 8.29. The van der Waals surface area contributed by atoms with Crippen LogP contribution in [0, 0.1) is 18.3 Å². The molecule has 0 atom stereocenters. The van der Waals surface area contributed by atoms with E-state index in [1.165, 1.54) is 0 Å². The minimum Gasteiger partial charge on any atom is -0.366 e. The Morgan fingerprint density at radius 2 is 2.00 bits per heavy atom. The summed E-state index contributed by atoms with van der Waals surface area (Å²) in [6.45, 7) is 3.73. The van der Waals surface area contributed by atoms with Gasteiger partial charge in [0.2, 0.25) is 0 Å². The van der Waals surface area contributed by atoms with Crippen molar-refractivity contribution in [3.05, 3.63) is 41.9 Å². The SMILES string of the molecule is Cc1nnc2ccc(NC3CCN(c4ccc(C#N)cn4)CC3)nn12. The Bertz CT molecular complexity index is 916. The molecule has 3 aromatic rings. The van der Waals surface area contributed by atoms with Crippen LogP contribution in [0.15, 0.2) is 30.5 Å². The van der Waals surface area contributed by atoms with Crippen molar-refractivity contribution >= 4 is 17.3 Å². The van der Waals surface area contributed by atoms with Crippen molar-refractivity contribution in [3.8, 4) is 6.07 Å². The van der Waals surface area contributed by atoms with E-state index < -0.39 is 0 Å². The zero-order valence-corrected chi connectivity index (χ0v) is 13.9. The fourth-order valence-corrected chi connectivity index (χ4v) is 3.07. The average Bonchev–Trinajstić information content (AvgIpc) is 3.03. The molecule has 8 nitrogen and oxygen atoms in total. The summed E-state index contributed by atoms with van der Waals surface area (Å²) in [5.74, 6) is 2.54. The van der Waals surface area contributed by atoms with E-state index in [1.54, 1.807) is 10.7 Å². The number of nitrogens with one attached hydrogen (secondary N) is 1. The van der Waals surface area contributed by atoms with Gasteiger partial charge >= 0.3 is 0 Å². The lowest BCUT2D eigenvalue weighted by atomic mass is 10.0. The summed E-state index contributed by atoms with van der Waals surface area (Å²) in [6.07, 6.45) is 3.63. The molecule has 1 aliphatic rings. The third-order valence-corrected chi connectivity index (χ3v) is 4.47. The van der Waals surface area contributed by atoms with E-state index in [4.69, 9.17) is 5.26 Å². The van der Waals surface area contributed by atoms with Gasteiger partial charge in [-0.05, 0) is 44.0 Å². The fraction of sp³-hybridized carbons (Fsp3) is 0.353. The molecule has 0 saturated carbocycles. The molecule has 0 spiro atoms. The van der Waals surface area contributed by atoms with Crippen LogP contribution < -0.4 is 10.2 Å². The molecule has 0 unspecified atom stereocenters. The maximum absolute atomic E-state index is 8.86. The van der Waals surface area contributed by atoms with Crippen molar-refractivity contribution in [2.45, 2.75) is 25.8 Å².